The molecule has 2 amide bonds. The average Bonchev–Trinajstić information content (AvgIpc) is 2.74. The first-order valence-corrected chi connectivity index (χ1v) is 11.5. The van der Waals surface area contributed by atoms with E-state index in [0.29, 0.717) is 12.3 Å². The quantitative estimate of drug-likeness (QED) is 0.607. The topological polar surface area (TPSA) is 70.2 Å². The Hall–Kier alpha value is -1.88. The van der Waals surface area contributed by atoms with Crippen molar-refractivity contribution in [1.82, 2.24) is 10.6 Å². The fourth-order valence-electron chi connectivity index (χ4n) is 4.73. The van der Waals surface area contributed by atoms with Crippen molar-refractivity contribution in [3.8, 4) is 0 Å². The molecule has 0 atom stereocenters. The van der Waals surface area contributed by atoms with Crippen molar-refractivity contribution in [1.29, 1.82) is 0 Å². The Morgan fingerprint density at radius 1 is 0.966 bits per heavy atom. The smallest absolute Gasteiger partial charge is 0.227 e. The van der Waals surface area contributed by atoms with E-state index >= 15 is 0 Å². The van der Waals surface area contributed by atoms with Gasteiger partial charge in [-0.05, 0) is 62.6 Å². The van der Waals surface area contributed by atoms with E-state index in [9.17, 15) is 9.59 Å². The molecule has 160 valence electrons. The van der Waals surface area contributed by atoms with E-state index in [1.54, 1.807) is 0 Å². The highest BCUT2D eigenvalue weighted by Crippen LogP contribution is 2.28. The Labute approximate surface area is 175 Å². The fraction of sp³-hybridized carbons (Fsp3) is 0.667. The molecule has 0 spiro atoms. The van der Waals surface area contributed by atoms with E-state index in [0.717, 1.165) is 50.0 Å². The van der Waals surface area contributed by atoms with E-state index in [2.05, 4.69) is 28.9 Å². The molecule has 0 aliphatic heterocycles. The summed E-state index contributed by atoms with van der Waals surface area (Å²) in [5, 5.41) is 9.68. The zero-order valence-corrected chi connectivity index (χ0v) is 17.8. The molecule has 0 unspecified atom stereocenters. The zero-order valence-electron chi connectivity index (χ0n) is 17.8. The monoisotopic (exact) mass is 399 g/mol. The van der Waals surface area contributed by atoms with Crippen molar-refractivity contribution in [2.45, 2.75) is 83.7 Å². The van der Waals surface area contributed by atoms with E-state index < -0.39 is 0 Å². The van der Waals surface area contributed by atoms with Crippen LogP contribution in [0.4, 0.5) is 5.69 Å². The van der Waals surface area contributed by atoms with Gasteiger partial charge in [-0.15, -0.1) is 0 Å². The van der Waals surface area contributed by atoms with Crippen LogP contribution >= 0.6 is 0 Å². The molecule has 2 saturated carbocycles. The van der Waals surface area contributed by atoms with Crippen LogP contribution in [0.3, 0.4) is 0 Å². The molecular formula is C24H37N3O2. The van der Waals surface area contributed by atoms with Gasteiger partial charge >= 0.3 is 0 Å². The molecule has 2 fully saturated rings. The number of carbonyl (C=O) groups excluding carboxylic acids is 2. The van der Waals surface area contributed by atoms with Gasteiger partial charge in [0.05, 0.1) is 0 Å². The van der Waals surface area contributed by atoms with Crippen LogP contribution in [0, 0.1) is 11.8 Å². The summed E-state index contributed by atoms with van der Waals surface area (Å²) >= 11 is 0. The van der Waals surface area contributed by atoms with E-state index in [4.69, 9.17) is 0 Å². The minimum atomic E-state index is 0.0358. The normalized spacial score (nSPS) is 22.8. The fourth-order valence-corrected chi connectivity index (χ4v) is 4.73. The van der Waals surface area contributed by atoms with Crippen LogP contribution in [-0.2, 0) is 16.1 Å². The predicted octanol–water partition coefficient (Wildman–Crippen LogP) is 4.38. The molecule has 3 N–H and O–H groups in total. The van der Waals surface area contributed by atoms with Crippen molar-refractivity contribution in [2.24, 2.45) is 11.8 Å². The summed E-state index contributed by atoms with van der Waals surface area (Å²) in [4.78, 5) is 25.1. The molecule has 29 heavy (non-hydrogen) atoms. The predicted molar refractivity (Wildman–Crippen MR) is 118 cm³/mol. The van der Waals surface area contributed by atoms with Gasteiger partial charge in [-0.25, -0.2) is 0 Å². The van der Waals surface area contributed by atoms with Gasteiger partial charge in [0.15, 0.2) is 0 Å². The molecule has 0 aromatic heterocycles. The van der Waals surface area contributed by atoms with Gasteiger partial charge in [-0.1, -0.05) is 44.4 Å². The van der Waals surface area contributed by atoms with Crippen LogP contribution in [0.2, 0.25) is 0 Å². The van der Waals surface area contributed by atoms with Crippen molar-refractivity contribution >= 4 is 17.5 Å². The van der Waals surface area contributed by atoms with Gasteiger partial charge in [0, 0.05) is 30.6 Å². The van der Waals surface area contributed by atoms with E-state index in [1.165, 1.54) is 32.1 Å². The molecule has 1 aromatic rings. The van der Waals surface area contributed by atoms with Crippen LogP contribution in [0.15, 0.2) is 24.3 Å². The Balaban J connectivity index is 1.42. The molecule has 0 heterocycles. The molecule has 2 aliphatic rings. The average molecular weight is 400 g/mol. The molecule has 0 radical (unpaired) electrons. The number of para-hydroxylation sites is 1. The number of rotatable bonds is 8. The molecule has 5 nitrogen and oxygen atoms in total. The van der Waals surface area contributed by atoms with Crippen LogP contribution < -0.4 is 16.0 Å². The lowest BCUT2D eigenvalue weighted by molar-refractivity contribution is -0.123. The van der Waals surface area contributed by atoms with Crippen molar-refractivity contribution < 1.29 is 9.59 Å². The second kappa shape index (κ2) is 11.3. The van der Waals surface area contributed by atoms with Gasteiger partial charge in [-0.2, -0.15) is 0 Å². The minimum absolute atomic E-state index is 0.0358. The van der Waals surface area contributed by atoms with E-state index in [-0.39, 0.29) is 23.8 Å². The van der Waals surface area contributed by atoms with Crippen molar-refractivity contribution in [3.05, 3.63) is 29.8 Å². The van der Waals surface area contributed by atoms with Gasteiger partial charge < -0.3 is 16.0 Å². The highest BCUT2D eigenvalue weighted by Gasteiger charge is 2.28. The molecule has 0 bridgehead atoms. The number of anilines is 1. The van der Waals surface area contributed by atoms with E-state index in [1.807, 2.05) is 18.2 Å². The number of benzene rings is 1. The van der Waals surface area contributed by atoms with Crippen LogP contribution in [0.5, 0.6) is 0 Å². The van der Waals surface area contributed by atoms with Gasteiger partial charge in [-0.3, -0.25) is 9.59 Å². The Morgan fingerprint density at radius 3 is 2.41 bits per heavy atom. The molecular weight excluding hydrogens is 362 g/mol. The van der Waals surface area contributed by atoms with Gasteiger partial charge in [0.1, 0.15) is 0 Å². The second-order valence-corrected chi connectivity index (χ2v) is 8.75. The van der Waals surface area contributed by atoms with Gasteiger partial charge in [0.2, 0.25) is 11.8 Å². The highest BCUT2D eigenvalue weighted by atomic mass is 16.2. The maximum atomic E-state index is 12.8. The van der Waals surface area contributed by atoms with Crippen molar-refractivity contribution in [2.75, 3.05) is 11.9 Å². The summed E-state index contributed by atoms with van der Waals surface area (Å²) in [6.45, 7) is 3.74. The first-order chi connectivity index (χ1) is 14.2. The second-order valence-electron chi connectivity index (χ2n) is 8.75. The molecule has 2 aliphatic carbocycles. The summed E-state index contributed by atoms with van der Waals surface area (Å²) in [7, 11) is 0. The first-order valence-electron chi connectivity index (χ1n) is 11.5. The number of hydrogen-bond donors (Lipinski definition) is 3. The van der Waals surface area contributed by atoms with Gasteiger partial charge in [0.25, 0.3) is 0 Å². The maximum absolute atomic E-state index is 12.8. The first kappa shape index (κ1) is 21.8. The lowest BCUT2D eigenvalue weighted by Gasteiger charge is -2.29. The third-order valence-corrected chi connectivity index (χ3v) is 6.50. The van der Waals surface area contributed by atoms with Crippen LogP contribution in [0.25, 0.3) is 0 Å². The van der Waals surface area contributed by atoms with Crippen molar-refractivity contribution in [3.63, 3.8) is 0 Å². The SMILES string of the molecule is CCNCc1ccccc1NC(=O)C1CCC(NC(=O)CC2CCCCC2)CC1. The Bertz CT molecular complexity index is 662. The molecule has 1 aromatic carbocycles. The number of hydrogen-bond acceptors (Lipinski definition) is 3. The summed E-state index contributed by atoms with van der Waals surface area (Å²) < 4.78 is 0. The van der Waals surface area contributed by atoms with Crippen LogP contribution in [0.1, 0.15) is 76.7 Å². The summed E-state index contributed by atoms with van der Waals surface area (Å²) in [5.41, 5.74) is 2.02. The molecule has 0 saturated heterocycles. The summed E-state index contributed by atoms with van der Waals surface area (Å²) in [6, 6.07) is 8.22. The number of carbonyl (C=O) groups is 2. The molecule has 5 heteroatoms. The molecule has 3 rings (SSSR count). The lowest BCUT2D eigenvalue weighted by atomic mass is 9.84. The Kier molecular flexibility index (Phi) is 8.53. The highest BCUT2D eigenvalue weighted by molar-refractivity contribution is 5.93. The largest absolute Gasteiger partial charge is 0.353 e. The number of nitrogens with one attached hydrogen (secondary N) is 3. The minimum Gasteiger partial charge on any atom is -0.353 e. The third kappa shape index (κ3) is 6.84. The maximum Gasteiger partial charge on any atom is 0.227 e. The summed E-state index contributed by atoms with van der Waals surface area (Å²) in [5.74, 6) is 0.935. The number of amides is 2. The lowest BCUT2D eigenvalue weighted by Crippen LogP contribution is -2.40. The Morgan fingerprint density at radius 2 is 1.69 bits per heavy atom. The standard InChI is InChI=1S/C24H37N3O2/c1-2-25-17-20-10-6-7-11-22(20)27-24(29)19-12-14-21(15-13-19)26-23(28)16-18-8-4-3-5-9-18/h6-7,10-11,18-19,21,25H,2-5,8-9,12-17H2,1H3,(H,26,28)(H,27,29). The third-order valence-electron chi connectivity index (χ3n) is 6.50. The zero-order chi connectivity index (χ0) is 20.5. The van der Waals surface area contributed by atoms with Crippen LogP contribution in [-0.4, -0.2) is 24.4 Å². The summed E-state index contributed by atoms with van der Waals surface area (Å²) in [6.07, 6.45) is 10.4.